The third-order valence-electron chi connectivity index (χ3n) is 2.92. The molecule has 2 aromatic heterocycles. The fourth-order valence-electron chi connectivity index (χ4n) is 2.19. The largest absolute Gasteiger partial charge is 0.456 e. The van der Waals surface area contributed by atoms with Crippen LogP contribution in [-0.2, 0) is 0 Å². The number of furan rings is 1. The van der Waals surface area contributed by atoms with Gasteiger partial charge in [-0.25, -0.2) is 4.98 Å². The molecule has 0 saturated carbocycles. The number of halogens is 2. The Labute approximate surface area is 116 Å². The Balaban J connectivity index is 2.34. The first-order chi connectivity index (χ1) is 8.72. The van der Waals surface area contributed by atoms with E-state index in [1.165, 1.54) is 11.3 Å². The van der Waals surface area contributed by atoms with Gasteiger partial charge in [-0.05, 0) is 30.3 Å². The maximum absolute atomic E-state index is 6.05. The van der Waals surface area contributed by atoms with Crippen molar-refractivity contribution in [1.29, 1.82) is 0 Å². The lowest BCUT2D eigenvalue weighted by Gasteiger charge is -1.91. The van der Waals surface area contributed by atoms with Gasteiger partial charge in [0, 0.05) is 15.8 Å². The van der Waals surface area contributed by atoms with Gasteiger partial charge < -0.3 is 4.42 Å². The average Bonchev–Trinajstić information content (AvgIpc) is 2.87. The summed E-state index contributed by atoms with van der Waals surface area (Å²) in [5, 5.41) is 2.73. The van der Waals surface area contributed by atoms with Crippen molar-refractivity contribution in [3.8, 4) is 0 Å². The van der Waals surface area contributed by atoms with Gasteiger partial charge in [-0.1, -0.05) is 23.2 Å². The van der Waals surface area contributed by atoms with Crippen LogP contribution in [0, 0.1) is 0 Å². The van der Waals surface area contributed by atoms with Crippen LogP contribution >= 0.6 is 34.5 Å². The summed E-state index contributed by atoms with van der Waals surface area (Å²) in [6, 6.07) is 9.46. The highest BCUT2D eigenvalue weighted by Gasteiger charge is 2.13. The van der Waals surface area contributed by atoms with E-state index in [4.69, 9.17) is 27.6 Å². The zero-order chi connectivity index (χ0) is 12.3. The molecule has 4 rings (SSSR count). The summed E-state index contributed by atoms with van der Waals surface area (Å²) in [5.74, 6) is 0. The number of thiazole rings is 1. The molecule has 0 amide bonds. The maximum Gasteiger partial charge on any atom is 0.184 e. The highest BCUT2D eigenvalue weighted by Crippen LogP contribution is 2.39. The minimum absolute atomic E-state index is 0.536. The summed E-state index contributed by atoms with van der Waals surface area (Å²) in [6.45, 7) is 0. The van der Waals surface area contributed by atoms with Crippen molar-refractivity contribution in [3.63, 3.8) is 0 Å². The van der Waals surface area contributed by atoms with Gasteiger partial charge in [0.2, 0.25) is 0 Å². The lowest BCUT2D eigenvalue weighted by molar-refractivity contribution is 0.669. The molecular formula is C13H5Cl2NOS. The summed E-state index contributed by atoms with van der Waals surface area (Å²) in [6.07, 6.45) is 0. The number of aromatic nitrogens is 1. The van der Waals surface area contributed by atoms with Gasteiger partial charge in [0.25, 0.3) is 0 Å². The molecule has 2 aromatic carbocycles. The second-order valence-corrected chi connectivity index (χ2v) is 6.01. The molecule has 4 aromatic rings. The van der Waals surface area contributed by atoms with Gasteiger partial charge in [-0.15, -0.1) is 11.3 Å². The van der Waals surface area contributed by atoms with Crippen LogP contribution in [0.1, 0.15) is 0 Å². The highest BCUT2D eigenvalue weighted by molar-refractivity contribution is 7.23. The molecule has 5 heteroatoms. The van der Waals surface area contributed by atoms with Gasteiger partial charge >= 0.3 is 0 Å². The van der Waals surface area contributed by atoms with Crippen LogP contribution in [0.4, 0.5) is 0 Å². The minimum atomic E-state index is 0.536. The molecule has 0 unspecified atom stereocenters. The summed E-state index contributed by atoms with van der Waals surface area (Å²) >= 11 is 13.5. The van der Waals surface area contributed by atoms with Crippen LogP contribution in [0.5, 0.6) is 0 Å². The van der Waals surface area contributed by atoms with Crippen LogP contribution in [0.15, 0.2) is 34.7 Å². The standard InChI is InChI=1S/C13H5Cl2NOS/c14-6-1-3-9-7(5-6)11-10(17-9)4-2-8-12(11)18-13(15)16-8/h1-5H. The summed E-state index contributed by atoms with van der Waals surface area (Å²) in [5.41, 5.74) is 2.55. The Morgan fingerprint density at radius 2 is 1.89 bits per heavy atom. The second kappa shape index (κ2) is 3.60. The first kappa shape index (κ1) is 10.6. The number of hydrogen-bond donors (Lipinski definition) is 0. The van der Waals surface area contributed by atoms with E-state index in [0.29, 0.717) is 9.49 Å². The van der Waals surface area contributed by atoms with Crippen LogP contribution in [-0.4, -0.2) is 4.98 Å². The molecule has 0 aliphatic heterocycles. The maximum atomic E-state index is 6.05. The van der Waals surface area contributed by atoms with Crippen molar-refractivity contribution in [3.05, 3.63) is 39.8 Å². The summed E-state index contributed by atoms with van der Waals surface area (Å²) < 4.78 is 7.38. The monoisotopic (exact) mass is 293 g/mol. The second-order valence-electron chi connectivity index (χ2n) is 4.00. The van der Waals surface area contributed by atoms with E-state index in [2.05, 4.69) is 4.98 Å². The van der Waals surface area contributed by atoms with E-state index >= 15 is 0 Å². The fraction of sp³-hybridized carbons (Fsp3) is 0. The quantitative estimate of drug-likeness (QED) is 0.428. The molecule has 0 spiro atoms. The fourth-order valence-corrected chi connectivity index (χ4v) is 3.53. The van der Waals surface area contributed by atoms with Gasteiger partial charge in [-0.2, -0.15) is 0 Å². The van der Waals surface area contributed by atoms with Crippen molar-refractivity contribution in [2.24, 2.45) is 0 Å². The number of hydrogen-bond acceptors (Lipinski definition) is 3. The van der Waals surface area contributed by atoms with E-state index in [-0.39, 0.29) is 0 Å². The third kappa shape index (κ3) is 1.38. The highest BCUT2D eigenvalue weighted by atomic mass is 35.5. The number of fused-ring (bicyclic) bond motifs is 5. The van der Waals surface area contributed by atoms with Gasteiger partial charge in [-0.3, -0.25) is 0 Å². The van der Waals surface area contributed by atoms with Crippen molar-refractivity contribution in [2.45, 2.75) is 0 Å². The van der Waals surface area contributed by atoms with Gasteiger partial charge in [0.05, 0.1) is 10.2 Å². The van der Waals surface area contributed by atoms with Crippen LogP contribution in [0.25, 0.3) is 32.2 Å². The van der Waals surface area contributed by atoms with E-state index in [9.17, 15) is 0 Å². The molecule has 0 fully saturated rings. The van der Waals surface area contributed by atoms with Gasteiger partial charge in [0.1, 0.15) is 11.2 Å². The molecule has 88 valence electrons. The Hall–Kier alpha value is -1.29. The molecule has 0 aliphatic rings. The molecule has 2 nitrogen and oxygen atoms in total. The van der Waals surface area contributed by atoms with E-state index in [0.717, 1.165) is 32.2 Å². The van der Waals surface area contributed by atoms with Crippen molar-refractivity contribution >= 4 is 66.7 Å². The normalized spacial score (nSPS) is 11.9. The first-order valence-corrected chi connectivity index (χ1v) is 6.86. The van der Waals surface area contributed by atoms with Crippen molar-refractivity contribution in [1.82, 2.24) is 4.98 Å². The van der Waals surface area contributed by atoms with Crippen LogP contribution < -0.4 is 0 Å². The lowest BCUT2D eigenvalue weighted by Crippen LogP contribution is -1.69. The summed E-state index contributed by atoms with van der Waals surface area (Å²) in [4.78, 5) is 4.28. The Morgan fingerprint density at radius 1 is 1.06 bits per heavy atom. The predicted molar refractivity (Wildman–Crippen MR) is 76.9 cm³/mol. The molecule has 2 heterocycles. The number of benzene rings is 2. The smallest absolute Gasteiger partial charge is 0.184 e. The van der Waals surface area contributed by atoms with Crippen LogP contribution in [0.2, 0.25) is 9.49 Å². The zero-order valence-electron chi connectivity index (χ0n) is 8.91. The topological polar surface area (TPSA) is 26.0 Å². The molecule has 0 radical (unpaired) electrons. The number of rotatable bonds is 0. The van der Waals surface area contributed by atoms with Gasteiger partial charge in [0.15, 0.2) is 4.47 Å². The van der Waals surface area contributed by atoms with Crippen molar-refractivity contribution < 1.29 is 4.42 Å². The zero-order valence-corrected chi connectivity index (χ0v) is 11.2. The molecule has 18 heavy (non-hydrogen) atoms. The average molecular weight is 294 g/mol. The van der Waals surface area contributed by atoms with Crippen molar-refractivity contribution in [2.75, 3.05) is 0 Å². The molecule has 0 N–H and O–H groups in total. The SMILES string of the molecule is Clc1ccc2oc3ccc4nc(Cl)sc4c3c2c1. The molecule has 0 saturated heterocycles. The summed E-state index contributed by atoms with van der Waals surface area (Å²) in [7, 11) is 0. The number of nitrogens with zero attached hydrogens (tertiary/aromatic N) is 1. The van der Waals surface area contributed by atoms with Crippen LogP contribution in [0.3, 0.4) is 0 Å². The first-order valence-electron chi connectivity index (χ1n) is 5.29. The Kier molecular flexibility index (Phi) is 2.13. The third-order valence-corrected chi connectivity index (χ3v) is 4.35. The molecule has 0 aliphatic carbocycles. The van der Waals surface area contributed by atoms with E-state index in [1.54, 1.807) is 0 Å². The Bertz CT molecular complexity index is 909. The lowest BCUT2D eigenvalue weighted by atomic mass is 10.1. The molecule has 0 bridgehead atoms. The Morgan fingerprint density at radius 3 is 2.78 bits per heavy atom. The van der Waals surface area contributed by atoms with E-state index in [1.807, 2.05) is 30.3 Å². The minimum Gasteiger partial charge on any atom is -0.456 e. The predicted octanol–water partition coefficient (Wildman–Crippen LogP) is 5.50. The molecule has 0 atom stereocenters. The molecular weight excluding hydrogens is 289 g/mol. The van der Waals surface area contributed by atoms with E-state index < -0.39 is 0 Å².